The molecule has 0 saturated carbocycles. The third-order valence-corrected chi connectivity index (χ3v) is 5.12. The number of thiocarbonyl (C=S) groups is 1. The minimum absolute atomic E-state index is 0.00232. The van der Waals surface area contributed by atoms with Gasteiger partial charge in [-0.3, -0.25) is 4.79 Å². The normalized spacial score (nSPS) is 18.4. The molecule has 22 heavy (non-hydrogen) atoms. The van der Waals surface area contributed by atoms with Crippen molar-refractivity contribution in [3.63, 3.8) is 0 Å². The molecule has 0 aliphatic carbocycles. The SMILES string of the molecule is COc1c(Br)cc(Br)cc1C1NC(=S)N(C)C(C)=C1C(C)=O. The van der Waals surface area contributed by atoms with Gasteiger partial charge in [-0.2, -0.15) is 0 Å². The standard InChI is InChI=1S/C15H16Br2N2O2S/c1-7-12(8(2)20)13(18-15(22)19(7)3)10-5-9(16)6-11(17)14(10)21-4/h5-6,13H,1-4H3,(H,18,22). The molecule has 1 aromatic rings. The molecule has 0 saturated heterocycles. The van der Waals surface area contributed by atoms with Crippen molar-refractivity contribution >= 4 is 55.0 Å². The van der Waals surface area contributed by atoms with Crippen molar-refractivity contribution in [2.75, 3.05) is 14.2 Å². The Labute approximate surface area is 152 Å². The van der Waals surface area contributed by atoms with Crippen LogP contribution < -0.4 is 10.1 Å². The number of carbonyl (C=O) groups excluding carboxylic acids is 1. The number of rotatable bonds is 3. The lowest BCUT2D eigenvalue weighted by atomic mass is 9.92. The van der Waals surface area contributed by atoms with E-state index in [0.29, 0.717) is 16.4 Å². The molecule has 0 spiro atoms. The zero-order chi connectivity index (χ0) is 16.6. The van der Waals surface area contributed by atoms with Crippen molar-refractivity contribution in [3.05, 3.63) is 37.9 Å². The number of halogens is 2. The second-order valence-corrected chi connectivity index (χ2v) is 7.16. The lowest BCUT2D eigenvalue weighted by molar-refractivity contribution is -0.114. The molecule has 1 heterocycles. The Hall–Kier alpha value is -0.920. The van der Waals surface area contributed by atoms with Crippen LogP contribution in [0, 0.1) is 0 Å². The van der Waals surface area contributed by atoms with E-state index in [-0.39, 0.29) is 11.8 Å². The maximum Gasteiger partial charge on any atom is 0.173 e. The number of carbonyl (C=O) groups is 1. The average Bonchev–Trinajstić information content (AvgIpc) is 2.43. The van der Waals surface area contributed by atoms with Gasteiger partial charge in [-0.25, -0.2) is 0 Å². The fraction of sp³-hybridized carbons (Fsp3) is 0.333. The molecule has 0 fully saturated rings. The van der Waals surface area contributed by atoms with Crippen molar-refractivity contribution in [2.24, 2.45) is 0 Å². The molecule has 1 aliphatic rings. The van der Waals surface area contributed by atoms with Crippen molar-refractivity contribution in [1.82, 2.24) is 10.2 Å². The highest BCUT2D eigenvalue weighted by Crippen LogP contribution is 2.40. The maximum atomic E-state index is 12.2. The second-order valence-electron chi connectivity index (χ2n) is 5.01. The molecule has 0 amide bonds. The number of benzene rings is 1. The van der Waals surface area contributed by atoms with Crippen LogP contribution in [0.4, 0.5) is 0 Å². The Morgan fingerprint density at radius 2 is 2.05 bits per heavy atom. The first kappa shape index (κ1) is 17.4. The number of Topliss-reactive ketones (excluding diaryl/α,β-unsaturated/α-hetero) is 1. The summed E-state index contributed by atoms with van der Waals surface area (Å²) >= 11 is 12.4. The second kappa shape index (κ2) is 6.68. The molecular formula is C15H16Br2N2O2S. The smallest absolute Gasteiger partial charge is 0.173 e. The Kier molecular flexibility index (Phi) is 5.29. The molecule has 0 bridgehead atoms. The summed E-state index contributed by atoms with van der Waals surface area (Å²) in [5, 5.41) is 3.81. The highest BCUT2D eigenvalue weighted by molar-refractivity contribution is 9.11. The van der Waals surface area contributed by atoms with Gasteiger partial charge in [0.2, 0.25) is 0 Å². The summed E-state index contributed by atoms with van der Waals surface area (Å²) < 4.78 is 7.21. The molecule has 7 heteroatoms. The molecule has 1 aromatic carbocycles. The molecule has 4 nitrogen and oxygen atoms in total. The first-order chi connectivity index (χ1) is 10.3. The van der Waals surface area contributed by atoms with Crippen molar-refractivity contribution < 1.29 is 9.53 Å². The van der Waals surface area contributed by atoms with Gasteiger partial charge in [0.25, 0.3) is 0 Å². The summed E-state index contributed by atoms with van der Waals surface area (Å²) in [4.78, 5) is 14.0. The van der Waals surface area contributed by atoms with E-state index >= 15 is 0 Å². The van der Waals surface area contributed by atoms with E-state index in [1.165, 1.54) is 0 Å². The lowest BCUT2D eigenvalue weighted by Crippen LogP contribution is -2.45. The Morgan fingerprint density at radius 3 is 2.59 bits per heavy atom. The van der Waals surface area contributed by atoms with Crippen LogP contribution >= 0.6 is 44.1 Å². The first-order valence-electron chi connectivity index (χ1n) is 6.56. The van der Waals surface area contributed by atoms with E-state index in [0.717, 1.165) is 20.2 Å². The lowest BCUT2D eigenvalue weighted by Gasteiger charge is -2.36. The van der Waals surface area contributed by atoms with Crippen LogP contribution in [0.3, 0.4) is 0 Å². The molecule has 0 radical (unpaired) electrons. The van der Waals surface area contributed by atoms with E-state index < -0.39 is 0 Å². The topological polar surface area (TPSA) is 41.6 Å². The van der Waals surface area contributed by atoms with E-state index in [1.54, 1.807) is 14.0 Å². The molecule has 1 N–H and O–H groups in total. The van der Waals surface area contributed by atoms with Gasteiger partial charge in [-0.05, 0) is 54.1 Å². The number of hydrogen-bond acceptors (Lipinski definition) is 3. The summed E-state index contributed by atoms with van der Waals surface area (Å²) in [7, 11) is 3.45. The van der Waals surface area contributed by atoms with E-state index in [1.807, 2.05) is 31.0 Å². The average molecular weight is 448 g/mol. The number of ether oxygens (including phenoxy) is 1. The minimum Gasteiger partial charge on any atom is -0.495 e. The number of allylic oxidation sites excluding steroid dienone is 1. The van der Waals surface area contributed by atoms with Crippen molar-refractivity contribution in [2.45, 2.75) is 19.9 Å². The summed E-state index contributed by atoms with van der Waals surface area (Å²) in [6.07, 6.45) is 0. The monoisotopic (exact) mass is 446 g/mol. The van der Waals surface area contributed by atoms with Crippen LogP contribution in [0.15, 0.2) is 32.3 Å². The zero-order valence-corrected chi connectivity index (χ0v) is 16.6. The van der Waals surface area contributed by atoms with Gasteiger partial charge < -0.3 is 15.0 Å². The number of ketones is 1. The van der Waals surface area contributed by atoms with Gasteiger partial charge in [0.15, 0.2) is 10.9 Å². The molecular weight excluding hydrogens is 432 g/mol. The molecule has 1 unspecified atom stereocenters. The fourth-order valence-electron chi connectivity index (χ4n) is 2.54. The van der Waals surface area contributed by atoms with E-state index in [9.17, 15) is 4.79 Å². The third kappa shape index (κ3) is 3.07. The molecule has 2 rings (SSSR count). The zero-order valence-electron chi connectivity index (χ0n) is 12.7. The first-order valence-corrected chi connectivity index (χ1v) is 8.56. The van der Waals surface area contributed by atoms with Gasteiger partial charge >= 0.3 is 0 Å². The summed E-state index contributed by atoms with van der Waals surface area (Å²) in [5.41, 5.74) is 2.38. The fourth-order valence-corrected chi connectivity index (χ4v) is 4.21. The van der Waals surface area contributed by atoms with Crippen LogP contribution in [0.1, 0.15) is 25.5 Å². The predicted molar refractivity (Wildman–Crippen MR) is 98.0 cm³/mol. The maximum absolute atomic E-state index is 12.2. The predicted octanol–water partition coefficient (Wildman–Crippen LogP) is 3.94. The summed E-state index contributed by atoms with van der Waals surface area (Å²) in [6, 6.07) is 3.50. The molecule has 118 valence electrons. The number of nitrogens with one attached hydrogen (secondary N) is 1. The van der Waals surface area contributed by atoms with Crippen LogP contribution in [0.25, 0.3) is 0 Å². The van der Waals surface area contributed by atoms with E-state index in [4.69, 9.17) is 17.0 Å². The highest BCUT2D eigenvalue weighted by atomic mass is 79.9. The van der Waals surface area contributed by atoms with Gasteiger partial charge in [-0.1, -0.05) is 15.9 Å². The Morgan fingerprint density at radius 1 is 1.41 bits per heavy atom. The number of hydrogen-bond donors (Lipinski definition) is 1. The molecule has 0 aromatic heterocycles. The quantitative estimate of drug-likeness (QED) is 0.710. The minimum atomic E-state index is -0.343. The van der Waals surface area contributed by atoms with Crippen molar-refractivity contribution in [3.8, 4) is 5.75 Å². The third-order valence-electron chi connectivity index (χ3n) is 3.69. The van der Waals surface area contributed by atoms with Gasteiger partial charge in [0.05, 0.1) is 17.6 Å². The highest BCUT2D eigenvalue weighted by Gasteiger charge is 2.33. The van der Waals surface area contributed by atoms with Crippen LogP contribution in [-0.2, 0) is 4.79 Å². The van der Waals surface area contributed by atoms with Crippen LogP contribution in [0.5, 0.6) is 5.75 Å². The Balaban J connectivity index is 2.70. The van der Waals surface area contributed by atoms with Gasteiger partial charge in [0.1, 0.15) is 5.75 Å². The van der Waals surface area contributed by atoms with E-state index in [2.05, 4.69) is 37.2 Å². The van der Waals surface area contributed by atoms with Crippen molar-refractivity contribution in [1.29, 1.82) is 0 Å². The summed E-state index contributed by atoms with van der Waals surface area (Å²) in [6.45, 7) is 3.46. The molecule has 1 aliphatic heterocycles. The molecule has 1 atom stereocenters. The van der Waals surface area contributed by atoms with Crippen LogP contribution in [-0.4, -0.2) is 30.0 Å². The number of methoxy groups -OCH3 is 1. The van der Waals surface area contributed by atoms with Gasteiger partial charge in [0, 0.05) is 28.4 Å². The van der Waals surface area contributed by atoms with Gasteiger partial charge in [-0.15, -0.1) is 0 Å². The largest absolute Gasteiger partial charge is 0.495 e. The summed E-state index contributed by atoms with van der Waals surface area (Å²) in [5.74, 6) is 0.683. The Bertz CT molecular complexity index is 688. The number of nitrogens with zero attached hydrogens (tertiary/aromatic N) is 1. The van der Waals surface area contributed by atoms with Crippen LogP contribution in [0.2, 0.25) is 0 Å².